The van der Waals surface area contributed by atoms with Gasteiger partial charge in [0, 0.05) is 18.1 Å². The predicted octanol–water partition coefficient (Wildman–Crippen LogP) is 2.16. The van der Waals surface area contributed by atoms with Gasteiger partial charge in [0.05, 0.1) is 0 Å². The van der Waals surface area contributed by atoms with Crippen LogP contribution in [0.25, 0.3) is 0 Å². The first-order valence-electron chi connectivity index (χ1n) is 5.95. The van der Waals surface area contributed by atoms with Gasteiger partial charge in [0.1, 0.15) is 0 Å². The lowest BCUT2D eigenvalue weighted by Gasteiger charge is -2.15. The standard InChI is InChI=1S/C13H19ClN2/c14-13-4-2-1-3-12(13)6-8-16-7-5-11(9-15)10-16/h1-4,11H,5-10,15H2. The first-order chi connectivity index (χ1) is 7.79. The maximum Gasteiger partial charge on any atom is 0.0438 e. The number of likely N-dealkylation sites (tertiary alicyclic amines) is 1. The van der Waals surface area contributed by atoms with Crippen molar-refractivity contribution in [3.05, 3.63) is 34.9 Å². The summed E-state index contributed by atoms with van der Waals surface area (Å²) in [7, 11) is 0. The second kappa shape index (κ2) is 5.67. The highest BCUT2D eigenvalue weighted by Crippen LogP contribution is 2.18. The van der Waals surface area contributed by atoms with Gasteiger partial charge in [-0.25, -0.2) is 0 Å². The first-order valence-corrected chi connectivity index (χ1v) is 6.33. The average Bonchev–Trinajstić information content (AvgIpc) is 2.76. The van der Waals surface area contributed by atoms with Crippen LogP contribution in [0.4, 0.5) is 0 Å². The molecule has 0 saturated carbocycles. The third kappa shape index (κ3) is 2.97. The van der Waals surface area contributed by atoms with E-state index in [2.05, 4.69) is 11.0 Å². The van der Waals surface area contributed by atoms with Crippen molar-refractivity contribution in [2.45, 2.75) is 12.8 Å². The molecule has 3 heteroatoms. The topological polar surface area (TPSA) is 29.3 Å². The number of halogens is 1. The smallest absolute Gasteiger partial charge is 0.0438 e. The number of hydrogen-bond acceptors (Lipinski definition) is 2. The molecule has 0 bridgehead atoms. The van der Waals surface area contributed by atoms with Gasteiger partial charge < -0.3 is 10.6 Å². The molecule has 1 aliphatic heterocycles. The molecular weight excluding hydrogens is 220 g/mol. The zero-order valence-electron chi connectivity index (χ0n) is 9.53. The van der Waals surface area contributed by atoms with Crippen LogP contribution in [-0.4, -0.2) is 31.1 Å². The molecular formula is C13H19ClN2. The molecule has 1 atom stereocenters. The van der Waals surface area contributed by atoms with Gasteiger partial charge in [0.15, 0.2) is 0 Å². The van der Waals surface area contributed by atoms with Gasteiger partial charge >= 0.3 is 0 Å². The lowest BCUT2D eigenvalue weighted by molar-refractivity contribution is 0.329. The molecule has 88 valence electrons. The van der Waals surface area contributed by atoms with E-state index in [9.17, 15) is 0 Å². The van der Waals surface area contributed by atoms with Crippen LogP contribution in [0.15, 0.2) is 24.3 Å². The SMILES string of the molecule is NCC1CCN(CCc2ccccc2Cl)C1. The molecule has 1 unspecified atom stereocenters. The van der Waals surface area contributed by atoms with Crippen LogP contribution in [0, 0.1) is 5.92 Å². The lowest BCUT2D eigenvalue weighted by Crippen LogP contribution is -2.25. The fourth-order valence-electron chi connectivity index (χ4n) is 2.29. The summed E-state index contributed by atoms with van der Waals surface area (Å²) in [6.45, 7) is 4.26. The normalized spacial score (nSPS) is 21.5. The van der Waals surface area contributed by atoms with Crippen LogP contribution in [0.1, 0.15) is 12.0 Å². The second-order valence-electron chi connectivity index (χ2n) is 4.53. The van der Waals surface area contributed by atoms with Gasteiger partial charge in [-0.05, 0) is 43.5 Å². The second-order valence-corrected chi connectivity index (χ2v) is 4.94. The minimum Gasteiger partial charge on any atom is -0.330 e. The summed E-state index contributed by atoms with van der Waals surface area (Å²) in [5, 5.41) is 0.886. The van der Waals surface area contributed by atoms with Crippen molar-refractivity contribution in [3.63, 3.8) is 0 Å². The molecule has 0 spiro atoms. The molecule has 16 heavy (non-hydrogen) atoms. The van der Waals surface area contributed by atoms with Crippen LogP contribution in [0.3, 0.4) is 0 Å². The van der Waals surface area contributed by atoms with E-state index in [1.807, 2.05) is 18.2 Å². The van der Waals surface area contributed by atoms with Gasteiger partial charge in [-0.3, -0.25) is 0 Å². The molecule has 1 aromatic rings. The van der Waals surface area contributed by atoms with Gasteiger partial charge in [0.25, 0.3) is 0 Å². The number of nitrogens with zero attached hydrogens (tertiary/aromatic N) is 1. The van der Waals surface area contributed by atoms with Crippen LogP contribution >= 0.6 is 11.6 Å². The molecule has 1 heterocycles. The van der Waals surface area contributed by atoms with Crippen molar-refractivity contribution in [1.82, 2.24) is 4.90 Å². The van der Waals surface area contributed by atoms with Crippen LogP contribution in [0.5, 0.6) is 0 Å². The first kappa shape index (κ1) is 11.9. The Hall–Kier alpha value is -0.570. The molecule has 0 aliphatic carbocycles. The lowest BCUT2D eigenvalue weighted by atomic mass is 10.1. The number of benzene rings is 1. The van der Waals surface area contributed by atoms with E-state index >= 15 is 0 Å². The van der Waals surface area contributed by atoms with E-state index in [0.717, 1.165) is 31.1 Å². The predicted molar refractivity (Wildman–Crippen MR) is 68.8 cm³/mol. The number of hydrogen-bond donors (Lipinski definition) is 1. The molecule has 2 nitrogen and oxygen atoms in total. The van der Waals surface area contributed by atoms with E-state index in [0.29, 0.717) is 5.92 Å². The van der Waals surface area contributed by atoms with Crippen molar-refractivity contribution in [3.8, 4) is 0 Å². The summed E-state index contributed by atoms with van der Waals surface area (Å²) in [4.78, 5) is 2.49. The summed E-state index contributed by atoms with van der Waals surface area (Å²) in [6, 6.07) is 8.10. The summed E-state index contributed by atoms with van der Waals surface area (Å²) in [5.41, 5.74) is 6.93. The largest absolute Gasteiger partial charge is 0.330 e. The maximum absolute atomic E-state index is 6.13. The minimum absolute atomic E-state index is 0.700. The minimum atomic E-state index is 0.700. The van der Waals surface area contributed by atoms with Crippen LogP contribution in [0.2, 0.25) is 5.02 Å². The summed E-state index contributed by atoms with van der Waals surface area (Å²) < 4.78 is 0. The number of nitrogens with two attached hydrogens (primary N) is 1. The number of rotatable bonds is 4. The Morgan fingerprint density at radius 3 is 2.88 bits per heavy atom. The van der Waals surface area contributed by atoms with Gasteiger partial charge in [-0.15, -0.1) is 0 Å². The van der Waals surface area contributed by atoms with Gasteiger partial charge in [0.2, 0.25) is 0 Å². The zero-order chi connectivity index (χ0) is 11.4. The Morgan fingerprint density at radius 1 is 1.38 bits per heavy atom. The van der Waals surface area contributed by atoms with Crippen molar-refractivity contribution >= 4 is 11.6 Å². The summed E-state index contributed by atoms with van der Waals surface area (Å²) in [5.74, 6) is 0.700. The van der Waals surface area contributed by atoms with E-state index in [-0.39, 0.29) is 0 Å². The molecule has 2 N–H and O–H groups in total. The van der Waals surface area contributed by atoms with Gasteiger partial charge in [-0.1, -0.05) is 29.8 Å². The highest BCUT2D eigenvalue weighted by atomic mass is 35.5. The average molecular weight is 239 g/mol. The molecule has 2 rings (SSSR count). The Kier molecular flexibility index (Phi) is 4.22. The maximum atomic E-state index is 6.13. The highest BCUT2D eigenvalue weighted by molar-refractivity contribution is 6.31. The third-order valence-corrected chi connectivity index (χ3v) is 3.73. The van der Waals surface area contributed by atoms with E-state index in [1.54, 1.807) is 0 Å². The van der Waals surface area contributed by atoms with E-state index in [1.165, 1.54) is 18.5 Å². The Bertz CT molecular complexity index is 340. The van der Waals surface area contributed by atoms with E-state index < -0.39 is 0 Å². The molecule has 1 saturated heterocycles. The highest BCUT2D eigenvalue weighted by Gasteiger charge is 2.20. The van der Waals surface area contributed by atoms with Crippen molar-refractivity contribution in [1.29, 1.82) is 0 Å². The fourth-order valence-corrected chi connectivity index (χ4v) is 2.52. The molecule has 1 aromatic carbocycles. The quantitative estimate of drug-likeness (QED) is 0.871. The molecule has 1 aliphatic rings. The Labute approximate surface area is 102 Å². The van der Waals surface area contributed by atoms with Crippen LogP contribution < -0.4 is 5.73 Å². The summed E-state index contributed by atoms with van der Waals surface area (Å²) in [6.07, 6.45) is 2.29. The molecule has 0 radical (unpaired) electrons. The van der Waals surface area contributed by atoms with Crippen molar-refractivity contribution in [2.75, 3.05) is 26.2 Å². The Balaban J connectivity index is 1.82. The summed E-state index contributed by atoms with van der Waals surface area (Å²) >= 11 is 6.13. The molecule has 0 amide bonds. The Morgan fingerprint density at radius 2 is 2.19 bits per heavy atom. The fraction of sp³-hybridized carbons (Fsp3) is 0.538. The molecule has 1 fully saturated rings. The molecule has 0 aromatic heterocycles. The van der Waals surface area contributed by atoms with E-state index in [4.69, 9.17) is 17.3 Å². The third-order valence-electron chi connectivity index (χ3n) is 3.36. The van der Waals surface area contributed by atoms with Gasteiger partial charge in [-0.2, -0.15) is 0 Å². The monoisotopic (exact) mass is 238 g/mol. The van der Waals surface area contributed by atoms with Crippen molar-refractivity contribution in [2.24, 2.45) is 11.7 Å². The van der Waals surface area contributed by atoms with Crippen LogP contribution in [-0.2, 0) is 6.42 Å². The zero-order valence-corrected chi connectivity index (χ0v) is 10.3. The van der Waals surface area contributed by atoms with Crippen molar-refractivity contribution < 1.29 is 0 Å².